The van der Waals surface area contributed by atoms with E-state index < -0.39 is 0 Å². The number of nitrogens with one attached hydrogen (secondary N) is 1. The highest BCUT2D eigenvalue weighted by Crippen LogP contribution is 2.13. The fraction of sp³-hybridized carbons (Fsp3) is 0.972. The molecule has 1 N–H and O–H groups in total. The van der Waals surface area contributed by atoms with E-state index in [1.54, 1.807) is 0 Å². The van der Waals surface area contributed by atoms with Gasteiger partial charge in [0.2, 0.25) is 0 Å². The highest BCUT2D eigenvalue weighted by Gasteiger charge is 2.12. The third-order valence-electron chi connectivity index (χ3n) is 8.04. The molecule has 6 nitrogen and oxygen atoms in total. The number of rotatable bonds is 34. The molecule has 0 aromatic heterocycles. The molecule has 42 heavy (non-hydrogen) atoms. The molecule has 0 aliphatic carbocycles. The number of unbranched alkanes of at least 4 members (excludes halogenated alkanes) is 22. The maximum atomic E-state index is 12.1. The van der Waals surface area contributed by atoms with E-state index in [1.807, 2.05) is 19.0 Å². The maximum absolute atomic E-state index is 12.1. The van der Waals surface area contributed by atoms with Crippen molar-refractivity contribution in [1.82, 2.24) is 10.2 Å². The average Bonchev–Trinajstić information content (AvgIpc) is 2.97. The van der Waals surface area contributed by atoms with Gasteiger partial charge in [-0.2, -0.15) is 0 Å². The van der Waals surface area contributed by atoms with Gasteiger partial charge in [-0.1, -0.05) is 155 Å². The average molecular weight is 599 g/mol. The van der Waals surface area contributed by atoms with Gasteiger partial charge in [-0.05, 0) is 26.9 Å². The Morgan fingerprint density at radius 3 is 1.40 bits per heavy atom. The molecule has 0 saturated carbocycles. The van der Waals surface area contributed by atoms with E-state index in [2.05, 4.69) is 19.2 Å². The zero-order chi connectivity index (χ0) is 30.8. The fourth-order valence-corrected chi connectivity index (χ4v) is 5.19. The first-order chi connectivity index (χ1) is 20.6. The molecule has 1 atom stereocenters. The van der Waals surface area contributed by atoms with Crippen LogP contribution in [0.2, 0.25) is 0 Å². The van der Waals surface area contributed by atoms with Crippen LogP contribution in [0, 0.1) is 0 Å². The largest absolute Gasteiger partial charge is 0.448 e. The summed E-state index contributed by atoms with van der Waals surface area (Å²) in [4.78, 5) is 14.1. The molecule has 0 bridgehead atoms. The monoisotopic (exact) mass is 599 g/mol. The van der Waals surface area contributed by atoms with Crippen LogP contribution >= 0.6 is 0 Å². The van der Waals surface area contributed by atoms with Gasteiger partial charge < -0.3 is 24.4 Å². The third kappa shape index (κ3) is 33.6. The number of hydrogen-bond acceptors (Lipinski definition) is 5. The number of amides is 1. The molecular formula is C36H74N2O4. The quantitative estimate of drug-likeness (QED) is 0.0747. The Kier molecular flexibility index (Phi) is 33.9. The van der Waals surface area contributed by atoms with Gasteiger partial charge in [-0.15, -0.1) is 0 Å². The van der Waals surface area contributed by atoms with Crippen molar-refractivity contribution in [2.75, 3.05) is 53.6 Å². The van der Waals surface area contributed by atoms with Crippen molar-refractivity contribution in [2.45, 2.75) is 174 Å². The van der Waals surface area contributed by atoms with E-state index in [4.69, 9.17) is 14.2 Å². The smallest absolute Gasteiger partial charge is 0.407 e. The molecule has 0 spiro atoms. The number of carbonyl (C=O) groups is 1. The fourth-order valence-electron chi connectivity index (χ4n) is 5.19. The topological polar surface area (TPSA) is 60.0 Å². The summed E-state index contributed by atoms with van der Waals surface area (Å²) in [6.45, 7) is 8.10. The molecule has 0 aromatic rings. The molecule has 252 valence electrons. The van der Waals surface area contributed by atoms with Crippen LogP contribution in [0.25, 0.3) is 0 Å². The molecule has 0 aliphatic rings. The van der Waals surface area contributed by atoms with Crippen molar-refractivity contribution in [3.8, 4) is 0 Å². The number of alkyl carbamates (subject to hydrolysis) is 1. The molecular weight excluding hydrogens is 524 g/mol. The second-order valence-corrected chi connectivity index (χ2v) is 12.7. The number of nitrogens with zero attached hydrogens (tertiary/aromatic N) is 1. The van der Waals surface area contributed by atoms with Gasteiger partial charge >= 0.3 is 6.09 Å². The lowest BCUT2D eigenvalue weighted by molar-refractivity contribution is -0.0175. The normalized spacial score (nSPS) is 12.2. The van der Waals surface area contributed by atoms with Crippen molar-refractivity contribution in [3.63, 3.8) is 0 Å². The minimum absolute atomic E-state index is 0.128. The molecule has 0 rings (SSSR count). The van der Waals surface area contributed by atoms with Gasteiger partial charge in [-0.3, -0.25) is 0 Å². The number of likely N-dealkylation sites (N-methyl/N-ethyl adjacent to an activating group) is 1. The van der Waals surface area contributed by atoms with E-state index in [9.17, 15) is 4.79 Å². The Morgan fingerprint density at radius 1 is 0.571 bits per heavy atom. The molecule has 0 fully saturated rings. The van der Waals surface area contributed by atoms with Gasteiger partial charge in [0.15, 0.2) is 0 Å². The predicted octanol–water partition coefficient (Wildman–Crippen LogP) is 10.1. The minimum atomic E-state index is -0.378. The van der Waals surface area contributed by atoms with Crippen molar-refractivity contribution in [3.05, 3.63) is 0 Å². The van der Waals surface area contributed by atoms with Crippen LogP contribution in [0.4, 0.5) is 4.79 Å². The van der Waals surface area contributed by atoms with Gasteiger partial charge in [0, 0.05) is 26.3 Å². The molecule has 6 heteroatoms. The van der Waals surface area contributed by atoms with E-state index in [0.717, 1.165) is 26.1 Å². The molecule has 0 heterocycles. The van der Waals surface area contributed by atoms with Crippen molar-refractivity contribution in [2.24, 2.45) is 0 Å². The zero-order valence-electron chi connectivity index (χ0n) is 28.9. The van der Waals surface area contributed by atoms with Crippen molar-refractivity contribution in [1.29, 1.82) is 0 Å². The van der Waals surface area contributed by atoms with E-state index in [0.29, 0.717) is 26.3 Å². The van der Waals surface area contributed by atoms with Gasteiger partial charge in [-0.25, -0.2) is 4.79 Å². The first-order valence-corrected chi connectivity index (χ1v) is 18.3. The van der Waals surface area contributed by atoms with Gasteiger partial charge in [0.05, 0.1) is 12.7 Å². The third-order valence-corrected chi connectivity index (χ3v) is 8.04. The molecule has 1 unspecified atom stereocenters. The van der Waals surface area contributed by atoms with E-state index in [-0.39, 0.29) is 12.2 Å². The summed E-state index contributed by atoms with van der Waals surface area (Å²) in [5, 5.41) is 2.87. The Labute approximate surface area is 262 Å². The summed E-state index contributed by atoms with van der Waals surface area (Å²) in [6, 6.07) is 0. The van der Waals surface area contributed by atoms with Crippen LogP contribution in [0.3, 0.4) is 0 Å². The number of hydrogen-bond donors (Lipinski definition) is 1. The summed E-state index contributed by atoms with van der Waals surface area (Å²) in [7, 11) is 3.93. The van der Waals surface area contributed by atoms with Crippen LogP contribution in [0.15, 0.2) is 0 Å². The summed E-state index contributed by atoms with van der Waals surface area (Å²) in [5.41, 5.74) is 0. The lowest BCUT2D eigenvalue weighted by atomic mass is 10.1. The molecule has 0 aromatic carbocycles. The second-order valence-electron chi connectivity index (χ2n) is 12.7. The second kappa shape index (κ2) is 34.6. The summed E-state index contributed by atoms with van der Waals surface area (Å²) < 4.78 is 17.4. The van der Waals surface area contributed by atoms with Crippen LogP contribution in [0.1, 0.15) is 168 Å². The van der Waals surface area contributed by atoms with Crippen LogP contribution in [-0.4, -0.2) is 70.7 Å². The Morgan fingerprint density at radius 2 is 0.976 bits per heavy atom. The van der Waals surface area contributed by atoms with Crippen LogP contribution in [0.5, 0.6) is 0 Å². The van der Waals surface area contributed by atoms with Crippen molar-refractivity contribution >= 4 is 6.09 Å². The Hall–Kier alpha value is -0.850. The maximum Gasteiger partial charge on any atom is 0.407 e. The summed E-state index contributed by atoms with van der Waals surface area (Å²) in [5.74, 6) is 0. The molecule has 0 saturated heterocycles. The minimum Gasteiger partial charge on any atom is -0.448 e. The first-order valence-electron chi connectivity index (χ1n) is 18.3. The van der Waals surface area contributed by atoms with Crippen LogP contribution in [-0.2, 0) is 14.2 Å². The first kappa shape index (κ1) is 41.1. The summed E-state index contributed by atoms with van der Waals surface area (Å²) >= 11 is 0. The predicted molar refractivity (Wildman–Crippen MR) is 181 cm³/mol. The number of carbonyl (C=O) groups excluding carboxylic acids is 1. The SMILES string of the molecule is CCCCCCCCCCCCCCOCC(CNC(=O)OCCN(C)C)OCCCCCCCCCCCCCC. The molecule has 0 radical (unpaired) electrons. The lowest BCUT2D eigenvalue weighted by Gasteiger charge is -2.19. The van der Waals surface area contributed by atoms with E-state index in [1.165, 1.54) is 141 Å². The van der Waals surface area contributed by atoms with Gasteiger partial charge in [0.25, 0.3) is 0 Å². The highest BCUT2D eigenvalue weighted by atomic mass is 16.6. The van der Waals surface area contributed by atoms with Crippen LogP contribution < -0.4 is 5.32 Å². The molecule has 1 amide bonds. The van der Waals surface area contributed by atoms with E-state index >= 15 is 0 Å². The number of ether oxygens (including phenoxy) is 3. The standard InChI is InChI=1S/C36H74N2O4/c1-5-7-9-11-13-15-17-19-21-23-25-27-30-40-34-35(33-37-36(39)42-32-29-38(3)4)41-31-28-26-24-22-20-18-16-14-12-10-8-6-2/h35H,5-34H2,1-4H3,(H,37,39). The summed E-state index contributed by atoms with van der Waals surface area (Å²) in [6.07, 6.45) is 31.7. The lowest BCUT2D eigenvalue weighted by Crippen LogP contribution is -2.37. The Bertz CT molecular complexity index is 533. The Balaban J connectivity index is 3.93. The van der Waals surface area contributed by atoms with Gasteiger partial charge in [0.1, 0.15) is 6.61 Å². The molecule has 0 aliphatic heterocycles. The van der Waals surface area contributed by atoms with Crippen molar-refractivity contribution < 1.29 is 19.0 Å². The highest BCUT2D eigenvalue weighted by molar-refractivity contribution is 5.67. The zero-order valence-corrected chi connectivity index (χ0v) is 28.9.